The number of fused-ring (bicyclic) bond motifs is 2. The second kappa shape index (κ2) is 5.70. The van der Waals surface area contributed by atoms with Crippen LogP contribution in [0.3, 0.4) is 0 Å². The molecule has 8 heteroatoms. The summed E-state index contributed by atoms with van der Waals surface area (Å²) in [6.07, 6.45) is 0. The number of carboxylic acids is 1. The molecule has 2 fully saturated rings. The van der Waals surface area contributed by atoms with Crippen molar-refractivity contribution in [2.45, 2.75) is 0 Å². The normalized spacial score (nSPS) is 27.9. The van der Waals surface area contributed by atoms with Gasteiger partial charge < -0.3 is 24.5 Å². The van der Waals surface area contributed by atoms with Crippen LogP contribution >= 0.6 is 0 Å². The Bertz CT molecular complexity index is 810. The average Bonchev–Trinajstić information content (AvgIpc) is 3.11. The van der Waals surface area contributed by atoms with E-state index in [0.717, 1.165) is 0 Å². The highest BCUT2D eigenvalue weighted by Gasteiger charge is 2.57. The number of ether oxygens (including phenoxy) is 1. The molecule has 8 nitrogen and oxygen atoms in total. The maximum absolute atomic E-state index is 13.0. The summed E-state index contributed by atoms with van der Waals surface area (Å²) in [4.78, 5) is 41.8. The molecule has 0 unspecified atom stereocenters. The fourth-order valence-electron chi connectivity index (χ4n) is 4.36. The molecule has 3 aliphatic rings. The molecule has 138 valence electrons. The van der Waals surface area contributed by atoms with Crippen LogP contribution in [0, 0.1) is 11.3 Å². The number of hydrogen-bond donors (Lipinski definition) is 1. The molecule has 0 radical (unpaired) electrons. The fraction of sp³-hybridized carbons (Fsp3) is 0.500. The molecule has 3 aliphatic heterocycles. The van der Waals surface area contributed by atoms with E-state index in [1.807, 2.05) is 11.9 Å². The number of likely N-dealkylation sites (N-methyl/N-ethyl adjacent to an activating group) is 1. The predicted molar refractivity (Wildman–Crippen MR) is 92.3 cm³/mol. The van der Waals surface area contributed by atoms with Crippen LogP contribution in [0.25, 0.3) is 0 Å². The number of likely N-dealkylation sites (tertiary alicyclic amines) is 2. The van der Waals surface area contributed by atoms with Crippen molar-refractivity contribution in [3.63, 3.8) is 0 Å². The highest BCUT2D eigenvalue weighted by Crippen LogP contribution is 2.43. The van der Waals surface area contributed by atoms with Crippen LogP contribution in [-0.2, 0) is 9.59 Å². The standard InChI is InChI=1S/C18H21N3O5/c1-19-6-12-7-21(10-18(12,9-19)17(24)25)16(23)11-3-4-14-13(5-11)20(2)15(22)8-26-14/h3-5,12H,6-10H2,1-2H3,(H,24,25)/t12-,18-/m1/s1. The molecular weight excluding hydrogens is 338 g/mol. The number of aliphatic carboxylic acids is 1. The van der Waals surface area contributed by atoms with Crippen molar-refractivity contribution < 1.29 is 24.2 Å². The minimum absolute atomic E-state index is 0.0146. The molecule has 0 aliphatic carbocycles. The van der Waals surface area contributed by atoms with Crippen molar-refractivity contribution in [1.82, 2.24) is 9.80 Å². The van der Waals surface area contributed by atoms with E-state index in [4.69, 9.17) is 4.74 Å². The maximum atomic E-state index is 13.0. The summed E-state index contributed by atoms with van der Waals surface area (Å²) in [6, 6.07) is 4.99. The molecule has 4 rings (SSSR count). The van der Waals surface area contributed by atoms with Gasteiger partial charge in [0.25, 0.3) is 11.8 Å². The Morgan fingerprint density at radius 3 is 2.69 bits per heavy atom. The van der Waals surface area contributed by atoms with E-state index in [1.54, 1.807) is 30.1 Å². The summed E-state index contributed by atoms with van der Waals surface area (Å²) in [5.74, 6) is -0.737. The van der Waals surface area contributed by atoms with Crippen molar-refractivity contribution in [3.8, 4) is 5.75 Å². The van der Waals surface area contributed by atoms with E-state index < -0.39 is 11.4 Å². The zero-order valence-electron chi connectivity index (χ0n) is 14.8. The molecule has 2 saturated heterocycles. The molecule has 26 heavy (non-hydrogen) atoms. The number of benzene rings is 1. The van der Waals surface area contributed by atoms with E-state index in [-0.39, 0.29) is 30.9 Å². The first-order chi connectivity index (χ1) is 12.3. The van der Waals surface area contributed by atoms with Crippen molar-refractivity contribution >= 4 is 23.5 Å². The third-order valence-electron chi connectivity index (χ3n) is 5.79. The topological polar surface area (TPSA) is 90.4 Å². The van der Waals surface area contributed by atoms with Gasteiger partial charge >= 0.3 is 5.97 Å². The van der Waals surface area contributed by atoms with E-state index >= 15 is 0 Å². The van der Waals surface area contributed by atoms with Gasteiger partial charge in [0.05, 0.1) is 5.69 Å². The molecule has 2 amide bonds. The average molecular weight is 359 g/mol. The van der Waals surface area contributed by atoms with Gasteiger partial charge in [-0.25, -0.2) is 0 Å². The number of carboxylic acid groups (broad SMARTS) is 1. The zero-order chi connectivity index (χ0) is 18.6. The first-order valence-corrected chi connectivity index (χ1v) is 8.56. The minimum atomic E-state index is -0.894. The Kier molecular flexibility index (Phi) is 3.69. The number of anilines is 1. The van der Waals surface area contributed by atoms with Crippen molar-refractivity contribution in [3.05, 3.63) is 23.8 Å². The molecule has 0 aromatic heterocycles. The van der Waals surface area contributed by atoms with E-state index in [0.29, 0.717) is 36.6 Å². The Morgan fingerprint density at radius 1 is 1.23 bits per heavy atom. The van der Waals surface area contributed by atoms with E-state index in [9.17, 15) is 19.5 Å². The number of carbonyl (C=O) groups is 3. The van der Waals surface area contributed by atoms with Gasteiger partial charge in [0.15, 0.2) is 6.61 Å². The molecule has 0 bridgehead atoms. The predicted octanol–water partition coefficient (Wildman–Crippen LogP) is 0.130. The highest BCUT2D eigenvalue weighted by molar-refractivity contribution is 6.01. The van der Waals surface area contributed by atoms with Gasteiger partial charge in [-0.2, -0.15) is 0 Å². The molecule has 0 saturated carbocycles. The summed E-state index contributed by atoms with van der Waals surface area (Å²) in [7, 11) is 3.55. The number of nitrogens with zero attached hydrogens (tertiary/aromatic N) is 3. The number of rotatable bonds is 2. The van der Waals surface area contributed by atoms with Gasteiger partial charge in [-0.1, -0.05) is 0 Å². The third kappa shape index (κ3) is 2.36. The van der Waals surface area contributed by atoms with E-state index in [2.05, 4.69) is 0 Å². The number of amides is 2. The molecule has 0 spiro atoms. The van der Waals surface area contributed by atoms with Crippen LogP contribution < -0.4 is 9.64 Å². The fourth-order valence-corrected chi connectivity index (χ4v) is 4.36. The maximum Gasteiger partial charge on any atom is 0.313 e. The summed E-state index contributed by atoms with van der Waals surface area (Å²) in [6.45, 7) is 1.74. The summed E-state index contributed by atoms with van der Waals surface area (Å²) >= 11 is 0. The van der Waals surface area contributed by atoms with Crippen molar-refractivity contribution in [2.75, 3.05) is 51.8 Å². The smallest absolute Gasteiger partial charge is 0.313 e. The van der Waals surface area contributed by atoms with Crippen LogP contribution in [0.2, 0.25) is 0 Å². The second-order valence-electron chi connectivity index (χ2n) is 7.46. The van der Waals surface area contributed by atoms with Crippen LogP contribution in [0.1, 0.15) is 10.4 Å². The summed E-state index contributed by atoms with van der Waals surface area (Å²) in [5, 5.41) is 9.76. The van der Waals surface area contributed by atoms with Gasteiger partial charge in [-0.05, 0) is 25.2 Å². The van der Waals surface area contributed by atoms with Gasteiger partial charge in [0.2, 0.25) is 0 Å². The Morgan fingerprint density at radius 2 is 2.00 bits per heavy atom. The van der Waals surface area contributed by atoms with Gasteiger partial charge in [-0.3, -0.25) is 14.4 Å². The van der Waals surface area contributed by atoms with Crippen molar-refractivity contribution in [2.24, 2.45) is 11.3 Å². The largest absolute Gasteiger partial charge is 0.482 e. The second-order valence-corrected chi connectivity index (χ2v) is 7.46. The lowest BCUT2D eigenvalue weighted by Crippen LogP contribution is -2.41. The van der Waals surface area contributed by atoms with Gasteiger partial charge in [0, 0.05) is 44.7 Å². The molecular formula is C18H21N3O5. The Labute approximate surface area is 150 Å². The highest BCUT2D eigenvalue weighted by atomic mass is 16.5. The summed E-state index contributed by atoms with van der Waals surface area (Å²) < 4.78 is 5.39. The molecule has 1 aromatic carbocycles. The first kappa shape index (κ1) is 16.8. The van der Waals surface area contributed by atoms with E-state index in [1.165, 1.54) is 4.90 Å². The van der Waals surface area contributed by atoms with Crippen molar-refractivity contribution in [1.29, 1.82) is 0 Å². The van der Waals surface area contributed by atoms with Crippen LogP contribution in [0.4, 0.5) is 5.69 Å². The van der Waals surface area contributed by atoms with Gasteiger partial charge in [-0.15, -0.1) is 0 Å². The Hall–Kier alpha value is -2.61. The SMILES string of the molecule is CN1C[C@@H]2CN(C(=O)c3ccc4c(c3)N(C)C(=O)CO4)C[C@]2(C(=O)O)C1. The molecule has 3 heterocycles. The molecule has 1 aromatic rings. The van der Waals surface area contributed by atoms with Crippen LogP contribution in [0.5, 0.6) is 5.75 Å². The summed E-state index contributed by atoms with van der Waals surface area (Å²) in [5.41, 5.74) is 0.0935. The lowest BCUT2D eigenvalue weighted by molar-refractivity contribution is -0.148. The first-order valence-electron chi connectivity index (χ1n) is 8.56. The molecule has 2 atom stereocenters. The number of hydrogen-bond acceptors (Lipinski definition) is 5. The van der Waals surface area contributed by atoms with Gasteiger partial charge in [0.1, 0.15) is 11.2 Å². The van der Waals surface area contributed by atoms with Crippen LogP contribution in [-0.4, -0.2) is 79.6 Å². The lowest BCUT2D eigenvalue weighted by atomic mass is 9.81. The number of carbonyl (C=O) groups excluding carboxylic acids is 2. The third-order valence-corrected chi connectivity index (χ3v) is 5.79. The lowest BCUT2D eigenvalue weighted by Gasteiger charge is -2.27. The monoisotopic (exact) mass is 359 g/mol. The Balaban J connectivity index is 1.60. The molecule has 1 N–H and O–H groups in total. The van der Waals surface area contributed by atoms with Crippen LogP contribution in [0.15, 0.2) is 18.2 Å². The quantitative estimate of drug-likeness (QED) is 0.807. The minimum Gasteiger partial charge on any atom is -0.482 e. The zero-order valence-corrected chi connectivity index (χ0v) is 14.8.